The average molecular weight is 299 g/mol. The molecule has 0 aromatic rings. The molecule has 0 aliphatic carbocycles. The molecule has 1 saturated heterocycles. The minimum absolute atomic E-state index is 0.0609. The van der Waals surface area contributed by atoms with Crippen LogP contribution in [0.5, 0.6) is 0 Å². The summed E-state index contributed by atoms with van der Waals surface area (Å²) in [5.41, 5.74) is -1.74. The van der Waals surface area contributed by atoms with Gasteiger partial charge in [0.2, 0.25) is 5.91 Å². The fraction of sp³-hybridized carbons (Fsp3) is 0.867. The van der Waals surface area contributed by atoms with Gasteiger partial charge in [0.15, 0.2) is 0 Å². The first-order chi connectivity index (χ1) is 9.45. The summed E-state index contributed by atoms with van der Waals surface area (Å²) >= 11 is 0. The van der Waals surface area contributed by atoms with Crippen LogP contribution in [0.2, 0.25) is 0 Å². The average Bonchev–Trinajstić information content (AvgIpc) is 2.36. The normalized spacial score (nSPS) is 20.1. The first-order valence-corrected chi connectivity index (χ1v) is 7.46. The number of rotatable bonds is 3. The van der Waals surface area contributed by atoms with E-state index in [-0.39, 0.29) is 17.9 Å². The van der Waals surface area contributed by atoms with Crippen LogP contribution in [0.1, 0.15) is 40.5 Å². The first kappa shape index (κ1) is 17.8. The van der Waals surface area contributed by atoms with E-state index in [9.17, 15) is 14.7 Å². The van der Waals surface area contributed by atoms with E-state index in [2.05, 4.69) is 5.32 Å². The molecule has 1 fully saturated rings. The topological polar surface area (TPSA) is 72.9 Å². The van der Waals surface area contributed by atoms with Gasteiger partial charge in [0.1, 0.15) is 0 Å². The highest BCUT2D eigenvalue weighted by atomic mass is 16.3. The fourth-order valence-electron chi connectivity index (χ4n) is 2.21. The van der Waals surface area contributed by atoms with Gasteiger partial charge in [-0.25, -0.2) is 4.79 Å². The minimum atomic E-state index is -1.02. The molecule has 21 heavy (non-hydrogen) atoms. The van der Waals surface area contributed by atoms with Crippen LogP contribution in [0.4, 0.5) is 4.79 Å². The molecule has 1 rings (SSSR count). The fourth-order valence-corrected chi connectivity index (χ4v) is 2.21. The highest BCUT2D eigenvalue weighted by Gasteiger charge is 2.38. The van der Waals surface area contributed by atoms with E-state index >= 15 is 0 Å². The smallest absolute Gasteiger partial charge is 0.319 e. The molecular weight excluding hydrogens is 270 g/mol. The van der Waals surface area contributed by atoms with Crippen LogP contribution in [0.3, 0.4) is 0 Å². The van der Waals surface area contributed by atoms with Crippen molar-refractivity contribution in [2.75, 3.05) is 27.2 Å². The summed E-state index contributed by atoms with van der Waals surface area (Å²) in [5, 5.41) is 13.0. The minimum Gasteiger partial charge on any atom is -0.388 e. The number of hydrogen-bond acceptors (Lipinski definition) is 3. The highest BCUT2D eigenvalue weighted by molar-refractivity contribution is 5.81. The van der Waals surface area contributed by atoms with E-state index in [1.165, 1.54) is 4.90 Å². The molecule has 1 atom stereocenters. The molecular formula is C15H29N3O3. The molecule has 0 aromatic carbocycles. The predicted molar refractivity (Wildman–Crippen MR) is 81.9 cm³/mol. The third kappa shape index (κ3) is 4.33. The van der Waals surface area contributed by atoms with Gasteiger partial charge in [0, 0.05) is 27.2 Å². The van der Waals surface area contributed by atoms with Gasteiger partial charge in [-0.2, -0.15) is 0 Å². The standard InChI is InChI=1S/C15H29N3O3/c1-14(2,15(3,4)21)16-12(19)11-8-7-9-18(10-11)13(20)17(5)6/h11,21H,7-10H2,1-6H3,(H,16,19). The van der Waals surface area contributed by atoms with Gasteiger partial charge in [-0.05, 0) is 40.5 Å². The maximum atomic E-state index is 12.4. The molecule has 0 radical (unpaired) electrons. The monoisotopic (exact) mass is 299 g/mol. The van der Waals surface area contributed by atoms with Crippen molar-refractivity contribution in [3.8, 4) is 0 Å². The Kier molecular flexibility index (Phi) is 5.25. The van der Waals surface area contributed by atoms with Gasteiger partial charge in [-0.15, -0.1) is 0 Å². The molecule has 1 unspecified atom stereocenters. The molecule has 6 heteroatoms. The Morgan fingerprint density at radius 3 is 2.29 bits per heavy atom. The largest absolute Gasteiger partial charge is 0.388 e. The Morgan fingerprint density at radius 1 is 1.24 bits per heavy atom. The zero-order valence-corrected chi connectivity index (χ0v) is 14.1. The number of nitrogens with zero attached hydrogens (tertiary/aromatic N) is 2. The molecule has 0 bridgehead atoms. The van der Waals surface area contributed by atoms with Crippen LogP contribution in [0.15, 0.2) is 0 Å². The second kappa shape index (κ2) is 6.22. The summed E-state index contributed by atoms with van der Waals surface area (Å²) in [6.45, 7) is 8.08. The van der Waals surface area contributed by atoms with Gasteiger partial charge < -0.3 is 20.2 Å². The molecule has 0 aromatic heterocycles. The van der Waals surface area contributed by atoms with Crippen LogP contribution in [0.25, 0.3) is 0 Å². The summed E-state index contributed by atoms with van der Waals surface area (Å²) < 4.78 is 0. The van der Waals surface area contributed by atoms with Gasteiger partial charge >= 0.3 is 6.03 Å². The third-order valence-electron chi connectivity index (χ3n) is 4.41. The van der Waals surface area contributed by atoms with Crippen molar-refractivity contribution in [3.05, 3.63) is 0 Å². The van der Waals surface area contributed by atoms with Crippen molar-refractivity contribution in [2.45, 2.75) is 51.7 Å². The van der Waals surface area contributed by atoms with Crippen molar-refractivity contribution >= 4 is 11.9 Å². The molecule has 122 valence electrons. The van der Waals surface area contributed by atoms with Crippen LogP contribution in [-0.2, 0) is 4.79 Å². The van der Waals surface area contributed by atoms with Crippen molar-refractivity contribution in [3.63, 3.8) is 0 Å². The van der Waals surface area contributed by atoms with Gasteiger partial charge in [-0.3, -0.25) is 4.79 Å². The molecule has 2 N–H and O–H groups in total. The molecule has 1 aliphatic rings. The maximum absolute atomic E-state index is 12.4. The highest BCUT2D eigenvalue weighted by Crippen LogP contribution is 2.23. The lowest BCUT2D eigenvalue weighted by Crippen LogP contribution is -2.60. The van der Waals surface area contributed by atoms with Crippen LogP contribution in [-0.4, -0.2) is 65.2 Å². The zero-order valence-electron chi connectivity index (χ0n) is 14.1. The number of carbonyl (C=O) groups is 2. The lowest BCUT2D eigenvalue weighted by Gasteiger charge is -2.40. The van der Waals surface area contributed by atoms with Crippen LogP contribution < -0.4 is 5.32 Å². The predicted octanol–water partition coefficient (Wildman–Crippen LogP) is 1.05. The number of hydrogen-bond donors (Lipinski definition) is 2. The van der Waals surface area contributed by atoms with Crippen molar-refractivity contribution in [1.82, 2.24) is 15.1 Å². The number of amides is 3. The molecule has 3 amide bonds. The Labute approximate surface area is 127 Å². The third-order valence-corrected chi connectivity index (χ3v) is 4.41. The number of urea groups is 1. The van der Waals surface area contributed by atoms with E-state index in [1.807, 2.05) is 0 Å². The second-order valence-electron chi connectivity index (χ2n) is 7.14. The maximum Gasteiger partial charge on any atom is 0.319 e. The second-order valence-corrected chi connectivity index (χ2v) is 7.14. The van der Waals surface area contributed by atoms with Crippen molar-refractivity contribution < 1.29 is 14.7 Å². The number of nitrogens with one attached hydrogen (secondary N) is 1. The number of carbonyl (C=O) groups excluding carboxylic acids is 2. The molecule has 0 spiro atoms. The number of likely N-dealkylation sites (tertiary alicyclic amines) is 1. The lowest BCUT2D eigenvalue weighted by molar-refractivity contribution is -0.131. The molecule has 1 heterocycles. The SMILES string of the molecule is CN(C)C(=O)N1CCCC(C(=O)NC(C)(C)C(C)(C)O)C1. The molecule has 6 nitrogen and oxygen atoms in total. The van der Waals surface area contributed by atoms with E-state index < -0.39 is 11.1 Å². The molecule has 1 aliphatic heterocycles. The Hall–Kier alpha value is -1.30. The summed E-state index contributed by atoms with van der Waals surface area (Å²) in [4.78, 5) is 27.7. The first-order valence-electron chi connectivity index (χ1n) is 7.46. The Morgan fingerprint density at radius 2 is 1.81 bits per heavy atom. The lowest BCUT2D eigenvalue weighted by atomic mass is 9.85. The summed E-state index contributed by atoms with van der Waals surface area (Å²) in [5.74, 6) is -0.317. The molecule has 0 saturated carbocycles. The zero-order chi connectivity index (χ0) is 16.4. The number of aliphatic hydroxyl groups is 1. The van der Waals surface area contributed by atoms with Gasteiger partial charge in [0.25, 0.3) is 0 Å². The van der Waals surface area contributed by atoms with E-state index in [1.54, 1.807) is 46.7 Å². The van der Waals surface area contributed by atoms with Crippen LogP contribution in [0, 0.1) is 5.92 Å². The van der Waals surface area contributed by atoms with Gasteiger partial charge in [0.05, 0.1) is 17.1 Å². The quantitative estimate of drug-likeness (QED) is 0.818. The summed E-state index contributed by atoms with van der Waals surface area (Å²) in [6.07, 6.45) is 1.59. The van der Waals surface area contributed by atoms with Crippen LogP contribution >= 0.6 is 0 Å². The van der Waals surface area contributed by atoms with E-state index in [0.29, 0.717) is 13.1 Å². The summed E-state index contributed by atoms with van der Waals surface area (Å²) in [6, 6.07) is -0.0609. The van der Waals surface area contributed by atoms with Crippen molar-refractivity contribution in [2.24, 2.45) is 5.92 Å². The van der Waals surface area contributed by atoms with Crippen molar-refractivity contribution in [1.29, 1.82) is 0 Å². The summed E-state index contributed by atoms with van der Waals surface area (Å²) in [7, 11) is 3.42. The van der Waals surface area contributed by atoms with E-state index in [4.69, 9.17) is 0 Å². The Balaban J connectivity index is 2.69. The number of piperidine rings is 1. The Bertz CT molecular complexity index is 399. The van der Waals surface area contributed by atoms with Gasteiger partial charge in [-0.1, -0.05) is 0 Å². The van der Waals surface area contributed by atoms with E-state index in [0.717, 1.165) is 12.8 Å².